The summed E-state index contributed by atoms with van der Waals surface area (Å²) < 4.78 is 0. The maximum absolute atomic E-state index is 12.3. The third-order valence-corrected chi connectivity index (χ3v) is 8.52. The molecular formula is C41H75NO3. The number of hydrogen-bond donors (Lipinski definition) is 3. The maximum atomic E-state index is 12.3. The van der Waals surface area contributed by atoms with E-state index in [9.17, 15) is 15.0 Å². The molecule has 0 aromatic carbocycles. The molecule has 0 spiro atoms. The van der Waals surface area contributed by atoms with Crippen LogP contribution in [0.5, 0.6) is 0 Å². The monoisotopic (exact) mass is 630 g/mol. The largest absolute Gasteiger partial charge is 0.394 e. The number of unbranched alkanes of at least 4 members (excludes halogenated alkanes) is 21. The van der Waals surface area contributed by atoms with Crippen LogP contribution in [-0.4, -0.2) is 34.9 Å². The Kier molecular flexibility index (Phi) is 35.5. The zero-order chi connectivity index (χ0) is 32.9. The Balaban J connectivity index is 3.56. The standard InChI is InChI=1S/C41H75NO3/c1-3-5-7-9-11-13-15-16-17-18-19-20-21-22-23-24-25-26-27-29-31-33-35-37-41(45)42-39(38-43)40(44)36-34-32-30-28-14-12-10-8-6-4-2/h6,8,14,18-19,28,34,36,39-40,43-44H,3-5,7,9-13,15-17,20-27,29-33,35,37-38H2,1-2H3,(H,42,45)/b8-6+,19-18-,28-14+,36-34+. The summed E-state index contributed by atoms with van der Waals surface area (Å²) in [6, 6.07) is -0.643. The quantitative estimate of drug-likeness (QED) is 0.0490. The maximum Gasteiger partial charge on any atom is 0.220 e. The fourth-order valence-corrected chi connectivity index (χ4v) is 5.56. The van der Waals surface area contributed by atoms with Crippen molar-refractivity contribution in [2.45, 2.75) is 199 Å². The second kappa shape index (κ2) is 36.8. The number of aliphatic hydroxyl groups is 2. The lowest BCUT2D eigenvalue weighted by atomic mass is 10.0. The SMILES string of the molecule is CC/C=C/CC/C=C/CC/C=C/C(O)C(CO)NC(=O)CCCCCCCCCCCCC/C=C\CCCCCCCCCC. The van der Waals surface area contributed by atoms with Crippen molar-refractivity contribution < 1.29 is 15.0 Å². The van der Waals surface area contributed by atoms with Crippen molar-refractivity contribution in [3.63, 3.8) is 0 Å². The molecule has 0 aliphatic heterocycles. The van der Waals surface area contributed by atoms with Gasteiger partial charge in [-0.05, 0) is 64.2 Å². The van der Waals surface area contributed by atoms with E-state index in [2.05, 4.69) is 55.6 Å². The minimum Gasteiger partial charge on any atom is -0.394 e. The first kappa shape index (κ1) is 43.4. The number of amides is 1. The molecule has 0 radical (unpaired) electrons. The molecule has 2 unspecified atom stereocenters. The van der Waals surface area contributed by atoms with Gasteiger partial charge < -0.3 is 15.5 Å². The molecule has 0 aromatic heterocycles. The van der Waals surface area contributed by atoms with Gasteiger partial charge in [0.1, 0.15) is 0 Å². The van der Waals surface area contributed by atoms with Crippen molar-refractivity contribution in [3.8, 4) is 0 Å². The molecule has 0 heterocycles. The van der Waals surface area contributed by atoms with Gasteiger partial charge in [0.15, 0.2) is 0 Å². The number of carbonyl (C=O) groups is 1. The van der Waals surface area contributed by atoms with Crippen molar-refractivity contribution in [2.75, 3.05) is 6.61 Å². The average molecular weight is 630 g/mol. The first-order valence-electron chi connectivity index (χ1n) is 19.4. The number of aliphatic hydroxyl groups excluding tert-OH is 2. The van der Waals surface area contributed by atoms with Crippen LogP contribution in [0.15, 0.2) is 48.6 Å². The Bertz CT molecular complexity index is 726. The van der Waals surface area contributed by atoms with E-state index in [1.165, 1.54) is 122 Å². The summed E-state index contributed by atoms with van der Waals surface area (Å²) >= 11 is 0. The van der Waals surface area contributed by atoms with Crippen molar-refractivity contribution >= 4 is 5.91 Å². The molecule has 3 N–H and O–H groups in total. The molecule has 0 saturated heterocycles. The van der Waals surface area contributed by atoms with Crippen LogP contribution in [0.2, 0.25) is 0 Å². The van der Waals surface area contributed by atoms with Gasteiger partial charge in [0, 0.05) is 6.42 Å². The highest BCUT2D eigenvalue weighted by Gasteiger charge is 2.17. The van der Waals surface area contributed by atoms with Gasteiger partial charge >= 0.3 is 0 Å². The molecule has 0 aliphatic rings. The van der Waals surface area contributed by atoms with E-state index in [1.807, 2.05) is 6.08 Å². The summed E-state index contributed by atoms with van der Waals surface area (Å²) in [6.07, 6.45) is 49.3. The van der Waals surface area contributed by atoms with Gasteiger partial charge in [-0.1, -0.05) is 165 Å². The van der Waals surface area contributed by atoms with Gasteiger partial charge in [0.25, 0.3) is 0 Å². The van der Waals surface area contributed by atoms with Crippen molar-refractivity contribution in [3.05, 3.63) is 48.6 Å². The fourth-order valence-electron chi connectivity index (χ4n) is 5.56. The van der Waals surface area contributed by atoms with Crippen LogP contribution >= 0.6 is 0 Å². The summed E-state index contributed by atoms with van der Waals surface area (Å²) in [6.45, 7) is 4.16. The van der Waals surface area contributed by atoms with E-state index in [0.717, 1.165) is 44.9 Å². The molecule has 4 nitrogen and oxygen atoms in total. The summed E-state index contributed by atoms with van der Waals surface area (Å²) in [4.78, 5) is 12.3. The van der Waals surface area contributed by atoms with Gasteiger partial charge in [-0.3, -0.25) is 4.79 Å². The number of nitrogens with one attached hydrogen (secondary N) is 1. The highest BCUT2D eigenvalue weighted by atomic mass is 16.3. The molecule has 45 heavy (non-hydrogen) atoms. The zero-order valence-electron chi connectivity index (χ0n) is 29.9. The first-order valence-corrected chi connectivity index (χ1v) is 19.4. The van der Waals surface area contributed by atoms with Crippen LogP contribution in [0.1, 0.15) is 187 Å². The lowest BCUT2D eigenvalue weighted by Crippen LogP contribution is -2.45. The van der Waals surface area contributed by atoms with Crippen LogP contribution < -0.4 is 5.32 Å². The van der Waals surface area contributed by atoms with Gasteiger partial charge in [0.2, 0.25) is 5.91 Å². The van der Waals surface area contributed by atoms with Gasteiger partial charge in [-0.25, -0.2) is 0 Å². The minimum atomic E-state index is -0.867. The van der Waals surface area contributed by atoms with Crippen molar-refractivity contribution in [1.29, 1.82) is 0 Å². The van der Waals surface area contributed by atoms with Crippen molar-refractivity contribution in [2.24, 2.45) is 0 Å². The van der Waals surface area contributed by atoms with E-state index < -0.39 is 12.1 Å². The van der Waals surface area contributed by atoms with E-state index in [1.54, 1.807) is 6.08 Å². The van der Waals surface area contributed by atoms with Crippen molar-refractivity contribution in [1.82, 2.24) is 5.32 Å². The Hall–Kier alpha value is -1.65. The number of carbonyl (C=O) groups excluding carboxylic acids is 1. The predicted molar refractivity (Wildman–Crippen MR) is 198 cm³/mol. The third kappa shape index (κ3) is 33.5. The molecule has 0 bridgehead atoms. The van der Waals surface area contributed by atoms with Crippen LogP contribution in [0.25, 0.3) is 0 Å². The van der Waals surface area contributed by atoms with E-state index in [4.69, 9.17) is 0 Å². The predicted octanol–water partition coefficient (Wildman–Crippen LogP) is 11.6. The lowest BCUT2D eigenvalue weighted by Gasteiger charge is -2.19. The lowest BCUT2D eigenvalue weighted by molar-refractivity contribution is -0.123. The molecule has 1 amide bonds. The summed E-state index contributed by atoms with van der Waals surface area (Å²) in [7, 11) is 0. The molecular weight excluding hydrogens is 554 g/mol. The fraction of sp³-hybridized carbons (Fsp3) is 0.780. The molecule has 4 heteroatoms. The summed E-state index contributed by atoms with van der Waals surface area (Å²) in [5, 5.41) is 22.8. The van der Waals surface area contributed by atoms with Crippen LogP contribution in [0, 0.1) is 0 Å². The molecule has 2 atom stereocenters. The highest BCUT2D eigenvalue weighted by molar-refractivity contribution is 5.76. The number of rotatable bonds is 34. The second-order valence-electron chi connectivity index (χ2n) is 12.9. The Morgan fingerprint density at radius 3 is 1.40 bits per heavy atom. The molecule has 262 valence electrons. The normalized spacial score (nSPS) is 13.6. The Labute approximate surface area is 280 Å². The van der Waals surface area contributed by atoms with Crippen LogP contribution in [0.4, 0.5) is 0 Å². The van der Waals surface area contributed by atoms with E-state index in [-0.39, 0.29) is 12.5 Å². The van der Waals surface area contributed by atoms with E-state index in [0.29, 0.717) is 6.42 Å². The topological polar surface area (TPSA) is 69.6 Å². The second-order valence-corrected chi connectivity index (χ2v) is 12.9. The van der Waals surface area contributed by atoms with Gasteiger partial charge in [-0.15, -0.1) is 0 Å². The Morgan fingerprint density at radius 2 is 0.933 bits per heavy atom. The summed E-state index contributed by atoms with van der Waals surface area (Å²) in [5.41, 5.74) is 0. The number of allylic oxidation sites excluding steroid dienone is 7. The molecule has 0 aliphatic carbocycles. The van der Waals surface area contributed by atoms with Gasteiger partial charge in [-0.2, -0.15) is 0 Å². The van der Waals surface area contributed by atoms with Gasteiger partial charge in [0.05, 0.1) is 18.8 Å². The smallest absolute Gasteiger partial charge is 0.220 e. The minimum absolute atomic E-state index is 0.0828. The Morgan fingerprint density at radius 1 is 0.533 bits per heavy atom. The highest BCUT2D eigenvalue weighted by Crippen LogP contribution is 2.14. The molecule has 0 fully saturated rings. The first-order chi connectivity index (χ1) is 22.2. The van der Waals surface area contributed by atoms with E-state index >= 15 is 0 Å². The van der Waals surface area contributed by atoms with Crippen LogP contribution in [0.3, 0.4) is 0 Å². The third-order valence-electron chi connectivity index (χ3n) is 8.52. The molecule has 0 saturated carbocycles. The summed E-state index contributed by atoms with van der Waals surface area (Å²) in [5.74, 6) is -0.0828. The molecule has 0 rings (SSSR count). The number of hydrogen-bond acceptors (Lipinski definition) is 3. The zero-order valence-corrected chi connectivity index (χ0v) is 29.9. The van der Waals surface area contributed by atoms with Crippen LogP contribution in [-0.2, 0) is 4.79 Å². The molecule has 0 aromatic rings. The average Bonchev–Trinajstić information content (AvgIpc) is 3.04.